The van der Waals surface area contributed by atoms with Crippen molar-refractivity contribution >= 4 is 5.91 Å². The predicted molar refractivity (Wildman–Crippen MR) is 96.1 cm³/mol. The van der Waals surface area contributed by atoms with Crippen LogP contribution in [-0.4, -0.2) is 53.4 Å². The Morgan fingerprint density at radius 1 is 1.30 bits per heavy atom. The summed E-state index contributed by atoms with van der Waals surface area (Å²) in [4.78, 5) is 18.5. The van der Waals surface area contributed by atoms with Crippen LogP contribution in [0.15, 0.2) is 29.3 Å². The monoisotopic (exact) mass is 369 g/mol. The molecule has 3 aromatic heterocycles. The molecular formula is C18H23N7O2. The lowest BCUT2D eigenvalue weighted by molar-refractivity contribution is 0.0703. The van der Waals surface area contributed by atoms with Crippen molar-refractivity contribution in [2.24, 2.45) is 0 Å². The molecule has 0 radical (unpaired) electrons. The van der Waals surface area contributed by atoms with Gasteiger partial charge in [0.15, 0.2) is 17.9 Å². The van der Waals surface area contributed by atoms with Gasteiger partial charge in [-0.3, -0.25) is 9.48 Å². The van der Waals surface area contributed by atoms with E-state index in [-0.39, 0.29) is 5.91 Å². The number of likely N-dealkylation sites (tertiary alicyclic amines) is 1. The van der Waals surface area contributed by atoms with Crippen LogP contribution in [-0.2, 0) is 13.1 Å². The molecule has 9 nitrogen and oxygen atoms in total. The average molecular weight is 369 g/mol. The first-order chi connectivity index (χ1) is 13.2. The van der Waals surface area contributed by atoms with E-state index in [0.717, 1.165) is 31.0 Å². The second-order valence-corrected chi connectivity index (χ2v) is 6.75. The fraction of sp³-hybridized carbons (Fsp3) is 0.500. The number of nitrogens with zero attached hydrogens (tertiary/aromatic N) is 7. The number of carbonyl (C=O) groups is 1. The quantitative estimate of drug-likeness (QED) is 0.681. The zero-order valence-electron chi connectivity index (χ0n) is 15.6. The van der Waals surface area contributed by atoms with Crippen molar-refractivity contribution in [3.05, 3.63) is 48.0 Å². The number of amides is 1. The van der Waals surface area contributed by atoms with Crippen LogP contribution in [0.4, 0.5) is 0 Å². The summed E-state index contributed by atoms with van der Waals surface area (Å²) in [6, 6.07) is 1.90. The highest BCUT2D eigenvalue weighted by Gasteiger charge is 2.29. The highest BCUT2D eigenvalue weighted by molar-refractivity contribution is 5.93. The molecular weight excluding hydrogens is 346 g/mol. The van der Waals surface area contributed by atoms with Crippen molar-refractivity contribution < 1.29 is 9.21 Å². The second kappa shape index (κ2) is 7.34. The SMILES string of the molecule is CCn1c(Cn2cccn2)nnc1C1CCN(C(=O)c2ncoc2C)CC1. The number of oxazole rings is 1. The molecule has 0 saturated carbocycles. The fourth-order valence-corrected chi connectivity index (χ4v) is 3.65. The Kier molecular flexibility index (Phi) is 4.74. The Hall–Kier alpha value is -2.97. The average Bonchev–Trinajstić information content (AvgIpc) is 3.43. The van der Waals surface area contributed by atoms with Gasteiger partial charge in [0.25, 0.3) is 5.91 Å². The van der Waals surface area contributed by atoms with Gasteiger partial charge in [-0.1, -0.05) is 0 Å². The Balaban J connectivity index is 1.44. The van der Waals surface area contributed by atoms with Crippen molar-refractivity contribution in [3.63, 3.8) is 0 Å². The topological polar surface area (TPSA) is 94.9 Å². The summed E-state index contributed by atoms with van der Waals surface area (Å²) < 4.78 is 9.18. The third-order valence-electron chi connectivity index (χ3n) is 5.13. The number of hydrogen-bond acceptors (Lipinski definition) is 6. The van der Waals surface area contributed by atoms with Gasteiger partial charge in [0.2, 0.25) is 0 Å². The highest BCUT2D eigenvalue weighted by Crippen LogP contribution is 2.28. The van der Waals surface area contributed by atoms with Gasteiger partial charge in [0, 0.05) is 37.9 Å². The highest BCUT2D eigenvalue weighted by atomic mass is 16.3. The van der Waals surface area contributed by atoms with Crippen molar-refractivity contribution in [2.75, 3.05) is 13.1 Å². The van der Waals surface area contributed by atoms with E-state index < -0.39 is 0 Å². The summed E-state index contributed by atoms with van der Waals surface area (Å²) in [7, 11) is 0. The Bertz CT molecular complexity index is 904. The van der Waals surface area contributed by atoms with Crippen LogP contribution < -0.4 is 0 Å². The van der Waals surface area contributed by atoms with E-state index in [4.69, 9.17) is 4.42 Å². The zero-order chi connectivity index (χ0) is 18.8. The van der Waals surface area contributed by atoms with Crippen molar-refractivity contribution in [2.45, 2.75) is 45.7 Å². The lowest BCUT2D eigenvalue weighted by atomic mass is 9.95. The van der Waals surface area contributed by atoms with Crippen LogP contribution in [0.3, 0.4) is 0 Å². The molecule has 0 N–H and O–H groups in total. The molecule has 0 aliphatic carbocycles. The molecule has 0 atom stereocenters. The van der Waals surface area contributed by atoms with Crippen molar-refractivity contribution in [3.8, 4) is 0 Å². The lowest BCUT2D eigenvalue weighted by Gasteiger charge is -2.31. The Morgan fingerprint density at radius 3 is 2.74 bits per heavy atom. The molecule has 3 aromatic rings. The summed E-state index contributed by atoms with van der Waals surface area (Å²) in [6.45, 7) is 6.65. The maximum absolute atomic E-state index is 12.6. The van der Waals surface area contributed by atoms with Gasteiger partial charge in [-0.25, -0.2) is 4.98 Å². The van der Waals surface area contributed by atoms with Crippen molar-refractivity contribution in [1.29, 1.82) is 0 Å². The molecule has 0 bridgehead atoms. The van der Waals surface area contributed by atoms with Gasteiger partial charge in [-0.2, -0.15) is 5.10 Å². The molecule has 1 aliphatic heterocycles. The van der Waals surface area contributed by atoms with Gasteiger partial charge in [-0.05, 0) is 32.8 Å². The molecule has 1 aliphatic rings. The van der Waals surface area contributed by atoms with E-state index in [9.17, 15) is 4.79 Å². The maximum atomic E-state index is 12.6. The van der Waals surface area contributed by atoms with Crippen LogP contribution in [0.2, 0.25) is 0 Å². The molecule has 4 heterocycles. The van der Waals surface area contributed by atoms with E-state index in [1.165, 1.54) is 6.39 Å². The minimum absolute atomic E-state index is 0.0592. The molecule has 1 amide bonds. The minimum Gasteiger partial charge on any atom is -0.448 e. The standard InChI is InChI=1S/C18H23N7O2/c1-3-25-15(11-24-8-4-7-20-24)21-22-17(25)14-5-9-23(10-6-14)18(26)16-13(2)27-12-19-16/h4,7-8,12,14H,3,5-6,9-11H2,1-2H3. The first-order valence-corrected chi connectivity index (χ1v) is 9.26. The maximum Gasteiger partial charge on any atom is 0.276 e. The molecule has 1 saturated heterocycles. The van der Waals surface area contributed by atoms with Crippen LogP contribution in [0.25, 0.3) is 0 Å². The van der Waals surface area contributed by atoms with E-state index in [1.807, 2.05) is 21.8 Å². The lowest BCUT2D eigenvalue weighted by Crippen LogP contribution is -2.38. The van der Waals surface area contributed by atoms with Gasteiger partial charge in [0.05, 0.1) is 0 Å². The summed E-state index contributed by atoms with van der Waals surface area (Å²) >= 11 is 0. The van der Waals surface area contributed by atoms with Crippen LogP contribution in [0.5, 0.6) is 0 Å². The van der Waals surface area contributed by atoms with Crippen molar-refractivity contribution in [1.82, 2.24) is 34.4 Å². The molecule has 142 valence electrons. The summed E-state index contributed by atoms with van der Waals surface area (Å²) in [6.07, 6.45) is 6.73. The first-order valence-electron chi connectivity index (χ1n) is 9.26. The van der Waals surface area contributed by atoms with Crippen LogP contribution in [0, 0.1) is 6.92 Å². The first kappa shape index (κ1) is 17.4. The molecule has 27 heavy (non-hydrogen) atoms. The van der Waals surface area contributed by atoms with Crippen LogP contribution >= 0.6 is 0 Å². The second-order valence-electron chi connectivity index (χ2n) is 6.75. The number of aryl methyl sites for hydroxylation is 1. The summed E-state index contributed by atoms with van der Waals surface area (Å²) in [5.41, 5.74) is 0.409. The van der Waals surface area contributed by atoms with E-state index in [1.54, 1.807) is 13.1 Å². The third-order valence-corrected chi connectivity index (χ3v) is 5.13. The van der Waals surface area contributed by atoms with E-state index >= 15 is 0 Å². The Labute approximate surface area is 157 Å². The molecule has 0 unspecified atom stereocenters. The number of hydrogen-bond donors (Lipinski definition) is 0. The summed E-state index contributed by atoms with van der Waals surface area (Å²) in [5, 5.41) is 13.1. The molecule has 4 rings (SSSR count). The molecule has 0 aromatic carbocycles. The number of rotatable bonds is 5. The van der Waals surface area contributed by atoms with Crippen LogP contribution in [0.1, 0.15) is 53.6 Å². The predicted octanol–water partition coefficient (Wildman–Crippen LogP) is 1.86. The fourth-order valence-electron chi connectivity index (χ4n) is 3.65. The van der Waals surface area contributed by atoms with E-state index in [0.29, 0.717) is 37.0 Å². The zero-order valence-corrected chi connectivity index (χ0v) is 15.6. The van der Waals surface area contributed by atoms with Gasteiger partial charge in [-0.15, -0.1) is 10.2 Å². The number of carbonyl (C=O) groups excluding carboxylic acids is 1. The largest absolute Gasteiger partial charge is 0.448 e. The Morgan fingerprint density at radius 2 is 2.11 bits per heavy atom. The van der Waals surface area contributed by atoms with E-state index in [2.05, 4.69) is 31.8 Å². The molecule has 9 heteroatoms. The summed E-state index contributed by atoms with van der Waals surface area (Å²) in [5.74, 6) is 2.72. The third kappa shape index (κ3) is 3.36. The smallest absolute Gasteiger partial charge is 0.276 e. The molecule has 1 fully saturated rings. The van der Waals surface area contributed by atoms with Gasteiger partial charge in [0.1, 0.15) is 18.1 Å². The number of piperidine rings is 1. The van der Waals surface area contributed by atoms with Gasteiger partial charge < -0.3 is 13.9 Å². The molecule has 0 spiro atoms. The number of aromatic nitrogens is 6. The normalized spacial score (nSPS) is 15.4. The van der Waals surface area contributed by atoms with Gasteiger partial charge >= 0.3 is 0 Å². The minimum atomic E-state index is -0.0592.